The zero-order chi connectivity index (χ0) is 13.4. The fourth-order valence-corrected chi connectivity index (χ4v) is 2.10. The van der Waals surface area contributed by atoms with Crippen LogP contribution in [0, 0.1) is 0 Å². The number of carbonyl (C=O) groups is 2. The lowest BCUT2D eigenvalue weighted by atomic mass is 10.0. The number of rotatable bonds is 8. The largest absolute Gasteiger partial charge is 0.466 e. The van der Waals surface area contributed by atoms with Gasteiger partial charge < -0.3 is 9.84 Å². The van der Waals surface area contributed by atoms with Crippen LogP contribution in [-0.2, 0) is 14.3 Å². The number of hydrogen-bond donors (Lipinski definition) is 1. The topological polar surface area (TPSA) is 63.6 Å². The molecule has 0 aromatic rings. The van der Waals surface area contributed by atoms with Crippen molar-refractivity contribution in [2.75, 3.05) is 6.61 Å². The number of allylic oxidation sites excluding steroid dienone is 1. The third kappa shape index (κ3) is 5.45. The van der Waals surface area contributed by atoms with Gasteiger partial charge in [-0.3, -0.25) is 9.59 Å². The van der Waals surface area contributed by atoms with Gasteiger partial charge in [0.25, 0.3) is 0 Å². The summed E-state index contributed by atoms with van der Waals surface area (Å²) in [6.07, 6.45) is 6.32. The Morgan fingerprint density at radius 2 is 2.11 bits per heavy atom. The zero-order valence-corrected chi connectivity index (χ0v) is 11.0. The van der Waals surface area contributed by atoms with Gasteiger partial charge in [0.2, 0.25) is 0 Å². The summed E-state index contributed by atoms with van der Waals surface area (Å²) >= 11 is 0. The van der Waals surface area contributed by atoms with Gasteiger partial charge in [-0.05, 0) is 37.8 Å². The van der Waals surface area contributed by atoms with Crippen LogP contribution in [0.2, 0.25) is 0 Å². The first-order valence-corrected chi connectivity index (χ1v) is 6.71. The zero-order valence-electron chi connectivity index (χ0n) is 11.0. The molecule has 0 spiro atoms. The van der Waals surface area contributed by atoms with Crippen LogP contribution in [-0.4, -0.2) is 29.6 Å². The monoisotopic (exact) mass is 254 g/mol. The lowest BCUT2D eigenvalue weighted by Gasteiger charge is -2.02. The Balaban J connectivity index is 2.01. The van der Waals surface area contributed by atoms with Crippen LogP contribution < -0.4 is 0 Å². The van der Waals surface area contributed by atoms with Crippen LogP contribution >= 0.6 is 0 Å². The average molecular weight is 254 g/mol. The number of ketones is 1. The third-order valence-corrected chi connectivity index (χ3v) is 3.03. The number of aliphatic hydroxyl groups is 1. The van der Waals surface area contributed by atoms with Crippen molar-refractivity contribution in [3.8, 4) is 0 Å². The smallest absolute Gasteiger partial charge is 0.305 e. The molecule has 1 unspecified atom stereocenters. The summed E-state index contributed by atoms with van der Waals surface area (Å²) in [5.74, 6) is -0.0525. The minimum absolute atomic E-state index is 0.0778. The Morgan fingerprint density at radius 3 is 2.72 bits per heavy atom. The van der Waals surface area contributed by atoms with Gasteiger partial charge in [-0.25, -0.2) is 0 Å². The number of esters is 1. The molecule has 0 bridgehead atoms. The highest BCUT2D eigenvalue weighted by Crippen LogP contribution is 2.20. The molecule has 4 heteroatoms. The number of unbranched alkanes of at least 4 members (excludes halogenated alkanes) is 3. The van der Waals surface area contributed by atoms with E-state index in [0.717, 1.165) is 37.7 Å². The molecule has 4 nitrogen and oxygen atoms in total. The fourth-order valence-electron chi connectivity index (χ4n) is 2.10. The van der Waals surface area contributed by atoms with Crippen LogP contribution in [0.4, 0.5) is 0 Å². The maximum atomic E-state index is 11.4. The molecule has 1 atom stereocenters. The van der Waals surface area contributed by atoms with E-state index >= 15 is 0 Å². The van der Waals surface area contributed by atoms with Crippen LogP contribution in [0.1, 0.15) is 51.9 Å². The van der Waals surface area contributed by atoms with Crippen molar-refractivity contribution < 1.29 is 19.4 Å². The quantitative estimate of drug-likeness (QED) is 0.532. The highest BCUT2D eigenvalue weighted by molar-refractivity contribution is 5.98. The van der Waals surface area contributed by atoms with Crippen LogP contribution in [0.15, 0.2) is 11.6 Å². The Labute approximate surface area is 108 Å². The van der Waals surface area contributed by atoms with E-state index in [4.69, 9.17) is 4.74 Å². The van der Waals surface area contributed by atoms with Crippen molar-refractivity contribution in [1.29, 1.82) is 0 Å². The molecule has 1 aliphatic rings. The van der Waals surface area contributed by atoms with Gasteiger partial charge in [0.1, 0.15) is 0 Å². The lowest BCUT2D eigenvalue weighted by Crippen LogP contribution is -2.03. The van der Waals surface area contributed by atoms with Crippen molar-refractivity contribution in [3.63, 3.8) is 0 Å². The van der Waals surface area contributed by atoms with Gasteiger partial charge >= 0.3 is 5.97 Å². The predicted molar refractivity (Wildman–Crippen MR) is 68.0 cm³/mol. The minimum Gasteiger partial charge on any atom is -0.466 e. The molecule has 0 aromatic heterocycles. The third-order valence-electron chi connectivity index (χ3n) is 3.03. The van der Waals surface area contributed by atoms with Crippen LogP contribution in [0.25, 0.3) is 0 Å². The molecule has 1 aliphatic carbocycles. The van der Waals surface area contributed by atoms with Gasteiger partial charge in [-0.2, -0.15) is 0 Å². The summed E-state index contributed by atoms with van der Waals surface area (Å²) in [5, 5.41) is 9.27. The molecule has 0 aliphatic heterocycles. The van der Waals surface area contributed by atoms with Crippen LogP contribution in [0.3, 0.4) is 0 Å². The normalized spacial score (nSPS) is 18.9. The molecule has 1 rings (SSSR count). The van der Waals surface area contributed by atoms with E-state index in [1.54, 1.807) is 13.0 Å². The number of ether oxygens (including phenoxy) is 1. The molecule has 0 saturated carbocycles. The van der Waals surface area contributed by atoms with E-state index in [0.29, 0.717) is 13.0 Å². The predicted octanol–water partition coefficient (Wildman–Crippen LogP) is 2.15. The minimum atomic E-state index is -0.573. The molecular weight excluding hydrogens is 232 g/mol. The van der Waals surface area contributed by atoms with E-state index < -0.39 is 6.10 Å². The number of carbonyl (C=O) groups excluding carboxylic acids is 2. The Hall–Kier alpha value is -1.16. The van der Waals surface area contributed by atoms with E-state index in [9.17, 15) is 14.7 Å². The molecule has 1 N–H and O–H groups in total. The Morgan fingerprint density at radius 1 is 1.39 bits per heavy atom. The van der Waals surface area contributed by atoms with Gasteiger partial charge in [0, 0.05) is 12.8 Å². The lowest BCUT2D eigenvalue weighted by molar-refractivity contribution is -0.143. The van der Waals surface area contributed by atoms with Crippen molar-refractivity contribution in [3.05, 3.63) is 11.6 Å². The number of aliphatic hydroxyl groups excluding tert-OH is 1. The summed E-state index contributed by atoms with van der Waals surface area (Å²) in [6, 6.07) is 0. The van der Waals surface area contributed by atoms with Crippen molar-refractivity contribution >= 4 is 11.8 Å². The van der Waals surface area contributed by atoms with E-state index in [2.05, 4.69) is 0 Å². The Bertz CT molecular complexity index is 320. The summed E-state index contributed by atoms with van der Waals surface area (Å²) in [5.41, 5.74) is 0.771. The van der Waals surface area contributed by atoms with Gasteiger partial charge in [-0.15, -0.1) is 0 Å². The SMILES string of the molecule is CCOC(=O)CCCCCCC1=CC(O)CC1=O. The highest BCUT2D eigenvalue weighted by atomic mass is 16.5. The molecule has 0 amide bonds. The maximum absolute atomic E-state index is 11.4. The van der Waals surface area contributed by atoms with Gasteiger partial charge in [0.15, 0.2) is 5.78 Å². The summed E-state index contributed by atoms with van der Waals surface area (Å²) < 4.78 is 4.84. The van der Waals surface area contributed by atoms with E-state index in [1.165, 1.54) is 0 Å². The maximum Gasteiger partial charge on any atom is 0.305 e. The summed E-state index contributed by atoms with van der Waals surface area (Å²) in [6.45, 7) is 2.25. The first-order chi connectivity index (χ1) is 8.63. The number of hydrogen-bond acceptors (Lipinski definition) is 4. The molecule has 0 saturated heterocycles. The standard InChI is InChI=1S/C14H22O4/c1-2-18-14(17)8-6-4-3-5-7-11-9-12(15)10-13(11)16/h9,12,15H,2-8,10H2,1H3. The number of Topliss-reactive ketones (excluding diaryl/α,β-unsaturated/α-hetero) is 1. The van der Waals surface area contributed by atoms with Gasteiger partial charge in [0.05, 0.1) is 12.7 Å². The highest BCUT2D eigenvalue weighted by Gasteiger charge is 2.21. The molecular formula is C14H22O4. The van der Waals surface area contributed by atoms with Crippen molar-refractivity contribution in [2.24, 2.45) is 0 Å². The fraction of sp³-hybridized carbons (Fsp3) is 0.714. The second-order valence-corrected chi connectivity index (χ2v) is 4.61. The van der Waals surface area contributed by atoms with Gasteiger partial charge in [-0.1, -0.05) is 12.8 Å². The summed E-state index contributed by atoms with van der Waals surface area (Å²) in [7, 11) is 0. The van der Waals surface area contributed by atoms with Crippen molar-refractivity contribution in [1.82, 2.24) is 0 Å². The molecule has 18 heavy (non-hydrogen) atoms. The first-order valence-electron chi connectivity index (χ1n) is 6.71. The van der Waals surface area contributed by atoms with E-state index in [-0.39, 0.29) is 18.2 Å². The average Bonchev–Trinajstić information content (AvgIpc) is 2.62. The second kappa shape index (κ2) is 8.03. The molecule has 102 valence electrons. The second-order valence-electron chi connectivity index (χ2n) is 4.61. The van der Waals surface area contributed by atoms with Crippen LogP contribution in [0.5, 0.6) is 0 Å². The van der Waals surface area contributed by atoms with E-state index in [1.807, 2.05) is 0 Å². The molecule has 0 radical (unpaired) electrons. The summed E-state index contributed by atoms with van der Waals surface area (Å²) in [4.78, 5) is 22.4. The molecule has 0 heterocycles. The first kappa shape index (κ1) is 14.9. The molecule has 0 fully saturated rings. The Kier molecular flexibility index (Phi) is 6.65. The van der Waals surface area contributed by atoms with Crippen molar-refractivity contribution in [2.45, 2.75) is 58.0 Å². The molecule has 0 aromatic carbocycles.